The summed E-state index contributed by atoms with van der Waals surface area (Å²) in [5.41, 5.74) is 7.05. The van der Waals surface area contributed by atoms with E-state index in [1.807, 2.05) is 60.7 Å². The molecule has 0 aliphatic carbocycles. The van der Waals surface area contributed by atoms with Gasteiger partial charge in [-0.25, -0.2) is 9.59 Å². The van der Waals surface area contributed by atoms with Crippen LogP contribution in [-0.2, 0) is 51.3 Å². The second kappa shape index (κ2) is 23.4. The molecular formula is C30H36Cl2N2O11. The van der Waals surface area contributed by atoms with Crippen molar-refractivity contribution in [3.8, 4) is 0 Å². The first kappa shape index (κ1) is 39.0. The van der Waals surface area contributed by atoms with E-state index >= 15 is 0 Å². The van der Waals surface area contributed by atoms with Crippen LogP contribution in [0.1, 0.15) is 49.7 Å². The number of benzene rings is 2. The van der Waals surface area contributed by atoms with E-state index in [-0.39, 0.29) is 38.9 Å². The van der Waals surface area contributed by atoms with E-state index in [1.54, 1.807) is 0 Å². The monoisotopic (exact) mass is 670 g/mol. The van der Waals surface area contributed by atoms with E-state index in [2.05, 4.69) is 33.3 Å². The molecule has 0 unspecified atom stereocenters. The Hall–Kier alpha value is -4.04. The third-order valence-electron chi connectivity index (χ3n) is 5.70. The zero-order valence-electron chi connectivity index (χ0n) is 24.4. The number of halogens is 2. The molecule has 2 aliphatic heterocycles. The maximum Gasteiger partial charge on any atom is 0.415 e. The first-order chi connectivity index (χ1) is 21.5. The van der Waals surface area contributed by atoms with Crippen molar-refractivity contribution < 1.29 is 52.8 Å². The molecule has 4 rings (SSSR count). The molecular weight excluding hydrogens is 635 g/mol. The van der Waals surface area contributed by atoms with Crippen LogP contribution in [-0.4, -0.2) is 65.1 Å². The Morgan fingerprint density at radius 1 is 0.867 bits per heavy atom. The lowest BCUT2D eigenvalue weighted by Crippen LogP contribution is -2.30. The molecule has 0 radical (unpaired) electrons. The van der Waals surface area contributed by atoms with Crippen LogP contribution in [0, 0.1) is 0 Å². The number of amides is 1. The van der Waals surface area contributed by atoms with Gasteiger partial charge in [-0.3, -0.25) is 19.2 Å². The van der Waals surface area contributed by atoms with Crippen LogP contribution < -0.4 is 11.1 Å². The van der Waals surface area contributed by atoms with Gasteiger partial charge >= 0.3 is 34.7 Å². The summed E-state index contributed by atoms with van der Waals surface area (Å²) < 4.78 is 18.4. The van der Waals surface area contributed by atoms with Crippen LogP contribution >= 0.6 is 23.2 Å². The SMILES string of the molecule is C1CCOC1.N[C@@H](CCC(=O)OCc1ccccc1)C(=O)O.O=C(CC[C@@H]1NC(=O)OC1=O)OCc1ccccc1.O=C(Cl)Cl. The summed E-state index contributed by atoms with van der Waals surface area (Å²) in [6.45, 7) is 2.39. The summed E-state index contributed by atoms with van der Waals surface area (Å²) in [6, 6.07) is 16.8. The number of carboxylic acids is 1. The van der Waals surface area contributed by atoms with Crippen LogP contribution in [0.2, 0.25) is 0 Å². The van der Waals surface area contributed by atoms with Crippen molar-refractivity contribution in [3.05, 3.63) is 71.8 Å². The Balaban J connectivity index is 0.000000354. The van der Waals surface area contributed by atoms with Crippen molar-refractivity contribution in [2.24, 2.45) is 5.73 Å². The van der Waals surface area contributed by atoms with Gasteiger partial charge in [-0.15, -0.1) is 0 Å². The Bertz CT molecular complexity index is 1200. The number of aliphatic carboxylic acids is 1. The average molecular weight is 672 g/mol. The predicted molar refractivity (Wildman–Crippen MR) is 162 cm³/mol. The third kappa shape index (κ3) is 20.5. The molecule has 0 aromatic heterocycles. The topological polar surface area (TPSA) is 198 Å². The molecule has 0 saturated carbocycles. The smallest absolute Gasteiger partial charge is 0.415 e. The zero-order chi connectivity index (χ0) is 33.5. The molecule has 0 spiro atoms. The Labute approximate surface area is 270 Å². The Kier molecular flexibility index (Phi) is 20.2. The Morgan fingerprint density at radius 3 is 1.71 bits per heavy atom. The minimum atomic E-state index is -1.11. The molecule has 13 nitrogen and oxygen atoms in total. The molecule has 246 valence electrons. The van der Waals surface area contributed by atoms with Gasteiger partial charge in [-0.2, -0.15) is 0 Å². The van der Waals surface area contributed by atoms with Crippen molar-refractivity contribution in [1.29, 1.82) is 0 Å². The second-order valence-corrected chi connectivity index (χ2v) is 10.1. The lowest BCUT2D eigenvalue weighted by atomic mass is 10.1. The number of carbonyl (C=O) groups excluding carboxylic acids is 5. The van der Waals surface area contributed by atoms with Gasteiger partial charge in [0.2, 0.25) is 0 Å². The molecule has 45 heavy (non-hydrogen) atoms. The minimum absolute atomic E-state index is 0.0142. The molecule has 1 amide bonds. The summed E-state index contributed by atoms with van der Waals surface area (Å²) >= 11 is 8.80. The summed E-state index contributed by atoms with van der Waals surface area (Å²) in [4.78, 5) is 64.0. The molecule has 2 atom stereocenters. The average Bonchev–Trinajstić information content (AvgIpc) is 3.71. The maximum absolute atomic E-state index is 11.5. The number of hydrogen-bond acceptors (Lipinski definition) is 11. The standard InChI is InChI=1S/C13H13NO5.C12H15NO4.C4H8O.CCl2O/c15-11(18-8-9-4-2-1-3-5-9)7-6-10-12(16)19-13(17)14-10;13-10(12(15)16)6-7-11(14)17-8-9-4-2-1-3-5-9;1-2-4-5-3-1;2-1(3)4/h1-5,10H,6-8H2,(H,14,17);1-5,10H,6-8,13H2,(H,15,16);1-4H2;/t2*10-;;/m00../s1. The molecule has 4 N–H and O–H groups in total. The first-order valence-electron chi connectivity index (χ1n) is 13.8. The van der Waals surface area contributed by atoms with Gasteiger partial charge in [0.25, 0.3) is 0 Å². The zero-order valence-corrected chi connectivity index (χ0v) is 25.9. The lowest BCUT2D eigenvalue weighted by molar-refractivity contribution is -0.146. The third-order valence-corrected chi connectivity index (χ3v) is 5.70. The molecule has 2 heterocycles. The Morgan fingerprint density at radius 2 is 1.33 bits per heavy atom. The normalized spacial score (nSPS) is 15.2. The predicted octanol–water partition coefficient (Wildman–Crippen LogP) is 4.45. The van der Waals surface area contributed by atoms with Crippen LogP contribution in [0.5, 0.6) is 0 Å². The number of alkyl carbamates (subject to hydrolysis) is 1. The molecule has 2 aliphatic rings. The van der Waals surface area contributed by atoms with Crippen LogP contribution in [0.4, 0.5) is 9.59 Å². The lowest BCUT2D eigenvalue weighted by Gasteiger charge is -2.07. The maximum atomic E-state index is 11.5. The summed E-state index contributed by atoms with van der Waals surface area (Å²) in [5, 5.41) is 10.8. The van der Waals surface area contributed by atoms with E-state index in [0.29, 0.717) is 0 Å². The van der Waals surface area contributed by atoms with E-state index in [0.717, 1.165) is 24.3 Å². The van der Waals surface area contributed by atoms with Gasteiger partial charge in [0.15, 0.2) is 0 Å². The highest BCUT2D eigenvalue weighted by Gasteiger charge is 2.32. The van der Waals surface area contributed by atoms with Crippen molar-refractivity contribution in [3.63, 3.8) is 0 Å². The van der Waals surface area contributed by atoms with Crippen LogP contribution in [0.25, 0.3) is 0 Å². The number of carboxylic acid groups (broad SMARTS) is 1. The minimum Gasteiger partial charge on any atom is -0.480 e. The number of hydrogen-bond donors (Lipinski definition) is 3. The number of esters is 3. The first-order valence-corrected chi connectivity index (χ1v) is 14.6. The largest absolute Gasteiger partial charge is 0.480 e. The number of ether oxygens (including phenoxy) is 4. The van der Waals surface area contributed by atoms with Crippen molar-refractivity contribution in [2.45, 2.75) is 63.8 Å². The highest BCUT2D eigenvalue weighted by Crippen LogP contribution is 2.09. The molecule has 2 saturated heterocycles. The van der Waals surface area contributed by atoms with E-state index in [4.69, 9.17) is 29.8 Å². The van der Waals surface area contributed by atoms with Gasteiger partial charge in [0, 0.05) is 26.1 Å². The van der Waals surface area contributed by atoms with Crippen LogP contribution in [0.3, 0.4) is 0 Å². The van der Waals surface area contributed by atoms with Crippen molar-refractivity contribution in [1.82, 2.24) is 5.32 Å². The number of nitrogens with two attached hydrogens (primary N) is 1. The summed E-state index contributed by atoms with van der Waals surface area (Å²) in [7, 11) is 0. The highest BCUT2D eigenvalue weighted by molar-refractivity contribution is 6.93. The molecule has 2 fully saturated rings. The number of cyclic esters (lactones) is 2. The quantitative estimate of drug-likeness (QED) is 0.132. The van der Waals surface area contributed by atoms with Crippen LogP contribution in [0.15, 0.2) is 60.7 Å². The van der Waals surface area contributed by atoms with Gasteiger partial charge < -0.3 is 35.1 Å². The fourth-order valence-corrected chi connectivity index (χ4v) is 3.37. The number of nitrogens with one attached hydrogen (secondary N) is 1. The van der Waals surface area contributed by atoms with Gasteiger partial charge in [-0.05, 0) is 60.0 Å². The number of carbonyl (C=O) groups is 6. The fraction of sp³-hybridized carbons (Fsp3) is 0.400. The summed E-state index contributed by atoms with van der Waals surface area (Å²) in [6.07, 6.45) is 2.11. The molecule has 15 heteroatoms. The van der Waals surface area contributed by atoms with E-state index in [1.165, 1.54) is 12.8 Å². The molecule has 0 bridgehead atoms. The van der Waals surface area contributed by atoms with E-state index in [9.17, 15) is 24.0 Å². The van der Waals surface area contributed by atoms with Gasteiger partial charge in [0.1, 0.15) is 25.3 Å². The summed E-state index contributed by atoms with van der Waals surface area (Å²) in [5.74, 6) is -2.62. The van der Waals surface area contributed by atoms with Gasteiger partial charge in [0.05, 0.1) is 0 Å². The van der Waals surface area contributed by atoms with E-state index < -0.39 is 46.8 Å². The highest BCUT2D eigenvalue weighted by atomic mass is 35.5. The van der Waals surface area contributed by atoms with Crippen molar-refractivity contribution >= 4 is 57.9 Å². The van der Waals surface area contributed by atoms with Crippen molar-refractivity contribution in [2.75, 3.05) is 13.2 Å². The van der Waals surface area contributed by atoms with Gasteiger partial charge in [-0.1, -0.05) is 60.7 Å². The fourth-order valence-electron chi connectivity index (χ4n) is 3.37. The molecule has 2 aromatic rings. The number of rotatable bonds is 11. The molecule has 2 aromatic carbocycles. The second-order valence-electron chi connectivity index (χ2n) is 9.27.